The molecule has 1 aliphatic heterocycles. The third kappa shape index (κ3) is 2.18. The maximum Gasteiger partial charge on any atom is 0.0987 e. The van der Waals surface area contributed by atoms with Gasteiger partial charge in [-0.1, -0.05) is 0 Å². The van der Waals surface area contributed by atoms with Gasteiger partial charge in [-0.05, 0) is 31.5 Å². The quantitative estimate of drug-likeness (QED) is 0.848. The van der Waals surface area contributed by atoms with Crippen molar-refractivity contribution >= 4 is 11.3 Å². The van der Waals surface area contributed by atoms with Crippen LogP contribution < -0.4 is 0 Å². The SMILES string of the molecule is CC(C)N1CC(c2ncc(-c3ccncc3)s2)C1. The normalized spacial score (nSPS) is 17.1. The zero-order chi connectivity index (χ0) is 12.5. The Bertz CT molecular complexity index is 515. The highest BCUT2D eigenvalue weighted by molar-refractivity contribution is 7.15. The van der Waals surface area contributed by atoms with E-state index in [0.29, 0.717) is 12.0 Å². The summed E-state index contributed by atoms with van der Waals surface area (Å²) < 4.78 is 0. The first-order chi connectivity index (χ1) is 8.74. The molecule has 0 spiro atoms. The van der Waals surface area contributed by atoms with E-state index >= 15 is 0 Å². The van der Waals surface area contributed by atoms with E-state index in [9.17, 15) is 0 Å². The first kappa shape index (κ1) is 11.8. The summed E-state index contributed by atoms with van der Waals surface area (Å²) in [6.07, 6.45) is 5.66. The van der Waals surface area contributed by atoms with Crippen LogP contribution in [0.2, 0.25) is 0 Å². The zero-order valence-corrected chi connectivity index (χ0v) is 11.5. The van der Waals surface area contributed by atoms with Crippen molar-refractivity contribution in [3.8, 4) is 10.4 Å². The molecule has 1 saturated heterocycles. The van der Waals surface area contributed by atoms with Crippen LogP contribution in [0.4, 0.5) is 0 Å². The van der Waals surface area contributed by atoms with Gasteiger partial charge in [0.1, 0.15) is 0 Å². The van der Waals surface area contributed by atoms with E-state index in [2.05, 4.69) is 28.7 Å². The molecule has 0 aromatic carbocycles. The van der Waals surface area contributed by atoms with Crippen molar-refractivity contribution in [1.82, 2.24) is 14.9 Å². The molecular weight excluding hydrogens is 242 g/mol. The van der Waals surface area contributed by atoms with Crippen molar-refractivity contribution in [3.63, 3.8) is 0 Å². The average molecular weight is 259 g/mol. The van der Waals surface area contributed by atoms with Crippen molar-refractivity contribution in [2.45, 2.75) is 25.8 Å². The average Bonchev–Trinajstić information content (AvgIpc) is 2.77. The lowest BCUT2D eigenvalue weighted by atomic mass is 9.99. The van der Waals surface area contributed by atoms with Crippen LogP contribution in [-0.4, -0.2) is 34.0 Å². The molecule has 0 N–H and O–H groups in total. The van der Waals surface area contributed by atoms with Crippen molar-refractivity contribution in [2.75, 3.05) is 13.1 Å². The molecule has 18 heavy (non-hydrogen) atoms. The van der Waals surface area contributed by atoms with Gasteiger partial charge in [0.05, 0.1) is 9.88 Å². The Morgan fingerprint density at radius 2 is 2.00 bits per heavy atom. The molecular formula is C14H17N3S. The minimum absolute atomic E-state index is 0.632. The molecule has 0 amide bonds. The topological polar surface area (TPSA) is 29.0 Å². The van der Waals surface area contributed by atoms with Crippen LogP contribution in [0.25, 0.3) is 10.4 Å². The second-order valence-corrected chi connectivity index (χ2v) is 6.11. The molecule has 2 aromatic heterocycles. The van der Waals surface area contributed by atoms with Crippen LogP contribution in [-0.2, 0) is 0 Å². The summed E-state index contributed by atoms with van der Waals surface area (Å²) in [5.74, 6) is 0.632. The molecule has 0 saturated carbocycles. The molecule has 94 valence electrons. The van der Waals surface area contributed by atoms with E-state index in [4.69, 9.17) is 0 Å². The molecule has 0 atom stereocenters. The van der Waals surface area contributed by atoms with Gasteiger partial charge in [-0.3, -0.25) is 9.88 Å². The summed E-state index contributed by atoms with van der Waals surface area (Å²) >= 11 is 1.82. The van der Waals surface area contributed by atoms with Crippen LogP contribution in [0.1, 0.15) is 24.8 Å². The number of thiazole rings is 1. The Morgan fingerprint density at radius 3 is 2.67 bits per heavy atom. The van der Waals surface area contributed by atoms with E-state index in [-0.39, 0.29) is 0 Å². The molecule has 0 aliphatic carbocycles. The molecule has 1 aliphatic rings. The number of hydrogen-bond acceptors (Lipinski definition) is 4. The van der Waals surface area contributed by atoms with Gasteiger partial charge in [0, 0.05) is 43.6 Å². The van der Waals surface area contributed by atoms with Crippen molar-refractivity contribution in [3.05, 3.63) is 35.7 Å². The van der Waals surface area contributed by atoms with Gasteiger partial charge < -0.3 is 0 Å². The Balaban J connectivity index is 1.72. The Morgan fingerprint density at radius 1 is 1.28 bits per heavy atom. The third-order valence-electron chi connectivity index (χ3n) is 3.48. The first-order valence-corrected chi connectivity index (χ1v) is 7.16. The maximum atomic E-state index is 4.58. The molecule has 0 bridgehead atoms. The van der Waals surface area contributed by atoms with Gasteiger partial charge in [-0.25, -0.2) is 4.98 Å². The summed E-state index contributed by atoms with van der Waals surface area (Å²) in [5, 5.41) is 1.28. The molecule has 3 nitrogen and oxygen atoms in total. The standard InChI is InChI=1S/C14H17N3S/c1-10(2)17-8-12(9-17)14-16-7-13(18-14)11-3-5-15-6-4-11/h3-7,10,12H,8-9H2,1-2H3. The summed E-state index contributed by atoms with van der Waals surface area (Å²) in [6, 6.07) is 4.73. The lowest BCUT2D eigenvalue weighted by Gasteiger charge is -2.41. The van der Waals surface area contributed by atoms with Gasteiger partial charge in [0.15, 0.2) is 0 Å². The molecule has 0 radical (unpaired) electrons. The maximum absolute atomic E-state index is 4.58. The smallest absolute Gasteiger partial charge is 0.0987 e. The van der Waals surface area contributed by atoms with Crippen LogP contribution in [0, 0.1) is 0 Å². The molecule has 4 heteroatoms. The van der Waals surface area contributed by atoms with Gasteiger partial charge >= 0.3 is 0 Å². The van der Waals surface area contributed by atoms with E-state index < -0.39 is 0 Å². The van der Waals surface area contributed by atoms with E-state index in [1.54, 1.807) is 0 Å². The van der Waals surface area contributed by atoms with E-state index in [1.807, 2.05) is 42.1 Å². The molecule has 0 unspecified atom stereocenters. The number of likely N-dealkylation sites (tertiary alicyclic amines) is 1. The number of pyridine rings is 1. The van der Waals surface area contributed by atoms with Gasteiger partial charge in [0.25, 0.3) is 0 Å². The van der Waals surface area contributed by atoms with Gasteiger partial charge in [-0.15, -0.1) is 11.3 Å². The minimum atomic E-state index is 0.632. The lowest BCUT2D eigenvalue weighted by Crippen LogP contribution is -2.48. The Labute approximate surface area is 112 Å². The summed E-state index contributed by atoms with van der Waals surface area (Å²) in [5.41, 5.74) is 1.22. The molecule has 2 aromatic rings. The highest BCUT2D eigenvalue weighted by Crippen LogP contribution is 2.34. The second-order valence-electron chi connectivity index (χ2n) is 5.04. The Kier molecular flexibility index (Phi) is 3.14. The van der Waals surface area contributed by atoms with Crippen LogP contribution in [0.3, 0.4) is 0 Å². The summed E-state index contributed by atoms with van der Waals surface area (Å²) in [7, 11) is 0. The highest BCUT2D eigenvalue weighted by Gasteiger charge is 2.31. The van der Waals surface area contributed by atoms with E-state index in [0.717, 1.165) is 13.1 Å². The fraction of sp³-hybridized carbons (Fsp3) is 0.429. The first-order valence-electron chi connectivity index (χ1n) is 6.34. The van der Waals surface area contributed by atoms with Crippen molar-refractivity contribution in [2.24, 2.45) is 0 Å². The molecule has 3 rings (SSSR count). The van der Waals surface area contributed by atoms with Crippen LogP contribution >= 0.6 is 11.3 Å². The lowest BCUT2D eigenvalue weighted by molar-refractivity contribution is 0.110. The third-order valence-corrected chi connectivity index (χ3v) is 4.69. The zero-order valence-electron chi connectivity index (χ0n) is 10.7. The van der Waals surface area contributed by atoms with Crippen LogP contribution in [0.5, 0.6) is 0 Å². The monoisotopic (exact) mass is 259 g/mol. The number of rotatable bonds is 3. The van der Waals surface area contributed by atoms with Crippen molar-refractivity contribution in [1.29, 1.82) is 0 Å². The fourth-order valence-corrected chi connectivity index (χ4v) is 3.22. The van der Waals surface area contributed by atoms with Gasteiger partial charge in [0.2, 0.25) is 0 Å². The predicted molar refractivity (Wildman–Crippen MR) is 74.8 cm³/mol. The highest BCUT2D eigenvalue weighted by atomic mass is 32.1. The number of aromatic nitrogens is 2. The van der Waals surface area contributed by atoms with Crippen LogP contribution in [0.15, 0.2) is 30.7 Å². The number of hydrogen-bond donors (Lipinski definition) is 0. The largest absolute Gasteiger partial charge is 0.299 e. The fourth-order valence-electron chi connectivity index (χ4n) is 2.22. The minimum Gasteiger partial charge on any atom is -0.299 e. The second kappa shape index (κ2) is 4.78. The molecule has 1 fully saturated rings. The van der Waals surface area contributed by atoms with Crippen molar-refractivity contribution < 1.29 is 0 Å². The number of nitrogens with zero attached hydrogens (tertiary/aromatic N) is 3. The summed E-state index contributed by atoms with van der Waals surface area (Å²) in [4.78, 5) is 12.4. The summed E-state index contributed by atoms with van der Waals surface area (Å²) in [6.45, 7) is 6.81. The van der Waals surface area contributed by atoms with E-state index in [1.165, 1.54) is 15.4 Å². The van der Waals surface area contributed by atoms with Gasteiger partial charge in [-0.2, -0.15) is 0 Å². The predicted octanol–water partition coefficient (Wildman–Crippen LogP) is 3.01. The molecule has 3 heterocycles. The Hall–Kier alpha value is -1.26.